The van der Waals surface area contributed by atoms with Gasteiger partial charge >= 0.3 is 0 Å². The number of rotatable bonds is 3. The molecule has 96 valence electrons. The van der Waals surface area contributed by atoms with Crippen LogP contribution < -0.4 is 9.88 Å². The number of sulfonamides is 1. The number of methoxy groups -OCH3 is 1. The molecule has 0 spiro atoms. The van der Waals surface area contributed by atoms with E-state index in [0.29, 0.717) is 5.75 Å². The van der Waals surface area contributed by atoms with E-state index in [-0.39, 0.29) is 10.3 Å². The molecule has 0 amide bonds. The van der Waals surface area contributed by atoms with Crippen molar-refractivity contribution in [1.29, 1.82) is 0 Å². The monoisotopic (exact) mass is 257 g/mol. The molecule has 0 bridgehead atoms. The van der Waals surface area contributed by atoms with Crippen LogP contribution in [-0.2, 0) is 16.4 Å². The Balaban J connectivity index is 3.19. The SMILES string of the molecule is COc1cc(CC(C)(C)C)ccc1S(N)(=O)=O. The number of primary sulfonamides is 1. The first-order valence-corrected chi connectivity index (χ1v) is 6.88. The smallest absolute Gasteiger partial charge is 0.241 e. The van der Waals surface area contributed by atoms with Gasteiger partial charge in [0.05, 0.1) is 7.11 Å². The second-order valence-electron chi connectivity index (χ2n) is 5.27. The maximum Gasteiger partial charge on any atom is 0.241 e. The Morgan fingerprint density at radius 2 is 1.88 bits per heavy atom. The molecule has 4 nitrogen and oxygen atoms in total. The highest BCUT2D eigenvalue weighted by Gasteiger charge is 2.17. The van der Waals surface area contributed by atoms with E-state index < -0.39 is 10.0 Å². The van der Waals surface area contributed by atoms with Crippen molar-refractivity contribution in [3.63, 3.8) is 0 Å². The average Bonchev–Trinajstić information content (AvgIpc) is 2.13. The van der Waals surface area contributed by atoms with Gasteiger partial charge in [0, 0.05) is 0 Å². The predicted octanol–water partition coefficient (Wildman–Crippen LogP) is 1.93. The van der Waals surface area contributed by atoms with Crippen molar-refractivity contribution >= 4 is 10.0 Å². The number of ether oxygens (including phenoxy) is 1. The van der Waals surface area contributed by atoms with Crippen LogP contribution in [0.1, 0.15) is 26.3 Å². The minimum Gasteiger partial charge on any atom is -0.495 e. The zero-order valence-corrected chi connectivity index (χ0v) is 11.5. The first kappa shape index (κ1) is 14.0. The van der Waals surface area contributed by atoms with Gasteiger partial charge in [-0.05, 0) is 29.5 Å². The van der Waals surface area contributed by atoms with Gasteiger partial charge < -0.3 is 4.74 Å². The summed E-state index contributed by atoms with van der Waals surface area (Å²) in [6.07, 6.45) is 0.842. The Morgan fingerprint density at radius 3 is 2.29 bits per heavy atom. The van der Waals surface area contributed by atoms with Gasteiger partial charge in [0.15, 0.2) is 0 Å². The quantitative estimate of drug-likeness (QED) is 0.899. The van der Waals surface area contributed by atoms with E-state index >= 15 is 0 Å². The van der Waals surface area contributed by atoms with Crippen LogP contribution in [0.4, 0.5) is 0 Å². The third kappa shape index (κ3) is 4.02. The molecule has 0 saturated heterocycles. The zero-order chi connectivity index (χ0) is 13.3. The summed E-state index contributed by atoms with van der Waals surface area (Å²) < 4.78 is 27.7. The standard InChI is InChI=1S/C12H19NO3S/c1-12(2,3)8-9-5-6-11(17(13,14)15)10(7-9)16-4/h5-7H,8H2,1-4H3,(H2,13,14,15). The largest absolute Gasteiger partial charge is 0.495 e. The van der Waals surface area contributed by atoms with Crippen LogP contribution in [0.3, 0.4) is 0 Å². The van der Waals surface area contributed by atoms with Crippen molar-refractivity contribution in [1.82, 2.24) is 0 Å². The van der Waals surface area contributed by atoms with Crippen molar-refractivity contribution in [2.24, 2.45) is 10.6 Å². The van der Waals surface area contributed by atoms with Crippen LogP contribution in [0.25, 0.3) is 0 Å². The molecule has 0 fully saturated rings. The third-order valence-electron chi connectivity index (χ3n) is 2.27. The first-order chi connectivity index (χ1) is 7.63. The van der Waals surface area contributed by atoms with Gasteiger partial charge in [-0.2, -0.15) is 0 Å². The van der Waals surface area contributed by atoms with Crippen molar-refractivity contribution in [3.05, 3.63) is 23.8 Å². The number of benzene rings is 1. The zero-order valence-electron chi connectivity index (χ0n) is 10.6. The average molecular weight is 257 g/mol. The van der Waals surface area contributed by atoms with Gasteiger partial charge in [0.25, 0.3) is 0 Å². The molecule has 0 unspecified atom stereocenters. The fraction of sp³-hybridized carbons (Fsp3) is 0.500. The summed E-state index contributed by atoms with van der Waals surface area (Å²) in [5.74, 6) is 0.300. The molecule has 5 heteroatoms. The molecule has 0 heterocycles. The molecule has 1 aromatic rings. The van der Waals surface area contributed by atoms with E-state index in [1.807, 2.05) is 0 Å². The second-order valence-corrected chi connectivity index (χ2v) is 6.80. The lowest BCUT2D eigenvalue weighted by Crippen LogP contribution is -2.14. The van der Waals surface area contributed by atoms with Gasteiger partial charge in [-0.25, -0.2) is 13.6 Å². The number of hydrogen-bond acceptors (Lipinski definition) is 3. The Labute approximate surface area is 103 Å². The molecule has 2 N–H and O–H groups in total. The molecule has 1 rings (SSSR count). The highest BCUT2D eigenvalue weighted by Crippen LogP contribution is 2.27. The van der Waals surface area contributed by atoms with Gasteiger partial charge in [-0.3, -0.25) is 0 Å². The summed E-state index contributed by atoms with van der Waals surface area (Å²) in [5, 5.41) is 5.10. The van der Waals surface area contributed by atoms with Crippen LogP contribution in [0.15, 0.2) is 23.1 Å². The summed E-state index contributed by atoms with van der Waals surface area (Å²) in [6.45, 7) is 6.35. The lowest BCUT2D eigenvalue weighted by atomic mass is 9.88. The van der Waals surface area contributed by atoms with E-state index in [2.05, 4.69) is 20.8 Å². The number of nitrogens with two attached hydrogens (primary N) is 1. The molecule has 0 atom stereocenters. The molecule has 0 radical (unpaired) electrons. The van der Waals surface area contributed by atoms with E-state index in [4.69, 9.17) is 9.88 Å². The normalized spacial score (nSPS) is 12.5. The molecular formula is C12H19NO3S. The first-order valence-electron chi connectivity index (χ1n) is 5.33. The molecule has 0 aliphatic carbocycles. The van der Waals surface area contributed by atoms with Gasteiger partial charge in [-0.15, -0.1) is 0 Å². The number of hydrogen-bond donors (Lipinski definition) is 1. The van der Waals surface area contributed by atoms with E-state index in [0.717, 1.165) is 12.0 Å². The fourth-order valence-corrected chi connectivity index (χ4v) is 2.35. The Hall–Kier alpha value is -1.07. The van der Waals surface area contributed by atoms with Crippen molar-refractivity contribution < 1.29 is 13.2 Å². The van der Waals surface area contributed by atoms with E-state index in [1.54, 1.807) is 12.1 Å². The van der Waals surface area contributed by atoms with E-state index in [9.17, 15) is 8.42 Å². The molecule has 0 aromatic heterocycles. The molecule has 0 saturated carbocycles. The lowest BCUT2D eigenvalue weighted by Gasteiger charge is -2.19. The molecule has 0 aliphatic heterocycles. The maximum atomic E-state index is 11.3. The predicted molar refractivity (Wildman–Crippen MR) is 67.5 cm³/mol. The second kappa shape index (κ2) is 4.66. The van der Waals surface area contributed by atoms with Crippen LogP contribution in [0, 0.1) is 5.41 Å². The highest BCUT2D eigenvalue weighted by atomic mass is 32.2. The highest BCUT2D eigenvalue weighted by molar-refractivity contribution is 7.89. The Bertz CT molecular complexity index is 501. The minimum absolute atomic E-state index is 0.0256. The van der Waals surface area contributed by atoms with Crippen molar-refractivity contribution in [3.8, 4) is 5.75 Å². The molecule has 1 aromatic carbocycles. The summed E-state index contributed by atoms with van der Waals surface area (Å²) in [7, 11) is -2.30. The Kier molecular flexibility index (Phi) is 3.84. The van der Waals surface area contributed by atoms with Crippen molar-refractivity contribution in [2.45, 2.75) is 32.1 Å². The van der Waals surface area contributed by atoms with Crippen molar-refractivity contribution in [2.75, 3.05) is 7.11 Å². The fourth-order valence-electron chi connectivity index (χ4n) is 1.67. The van der Waals surface area contributed by atoms with Gasteiger partial charge in [0.2, 0.25) is 10.0 Å². The van der Waals surface area contributed by atoms with Gasteiger partial charge in [0.1, 0.15) is 10.6 Å². The topological polar surface area (TPSA) is 69.4 Å². The van der Waals surface area contributed by atoms with Crippen LogP contribution >= 0.6 is 0 Å². The molecular weight excluding hydrogens is 238 g/mol. The molecule has 17 heavy (non-hydrogen) atoms. The maximum absolute atomic E-state index is 11.3. The van der Waals surface area contributed by atoms with E-state index in [1.165, 1.54) is 13.2 Å². The molecule has 0 aliphatic rings. The third-order valence-corrected chi connectivity index (χ3v) is 3.22. The Morgan fingerprint density at radius 1 is 1.29 bits per heavy atom. The van der Waals surface area contributed by atoms with Gasteiger partial charge in [-0.1, -0.05) is 26.8 Å². The summed E-state index contributed by atoms with van der Waals surface area (Å²) >= 11 is 0. The summed E-state index contributed by atoms with van der Waals surface area (Å²) in [4.78, 5) is 0.0256. The summed E-state index contributed by atoms with van der Waals surface area (Å²) in [5.41, 5.74) is 1.16. The van der Waals surface area contributed by atoms with Crippen LogP contribution in [0.5, 0.6) is 5.75 Å². The lowest BCUT2D eigenvalue weighted by molar-refractivity contribution is 0.394. The minimum atomic E-state index is -3.73. The van der Waals surface area contributed by atoms with Crippen LogP contribution in [-0.4, -0.2) is 15.5 Å². The summed E-state index contributed by atoms with van der Waals surface area (Å²) in [6, 6.07) is 4.99. The van der Waals surface area contributed by atoms with Crippen LogP contribution in [0.2, 0.25) is 0 Å².